The Kier molecular flexibility index (Phi) is 6.41. The molecule has 2 aromatic carbocycles. The summed E-state index contributed by atoms with van der Waals surface area (Å²) in [5.41, 5.74) is 2.20. The Morgan fingerprint density at radius 3 is 2.50 bits per heavy atom. The molecule has 0 radical (unpaired) electrons. The van der Waals surface area contributed by atoms with Crippen molar-refractivity contribution in [3.8, 4) is 17.2 Å². The number of carbonyl (C=O) groups excluding carboxylic acids is 1. The number of benzene rings is 2. The first-order valence-corrected chi connectivity index (χ1v) is 8.92. The molecular formula is C23H21NO4. The summed E-state index contributed by atoms with van der Waals surface area (Å²) < 4.78 is 16.3. The lowest BCUT2D eigenvalue weighted by molar-refractivity contribution is 0.0728. The fourth-order valence-corrected chi connectivity index (χ4v) is 2.52. The highest BCUT2D eigenvalue weighted by molar-refractivity contribution is 5.91. The maximum atomic E-state index is 12.4. The van der Waals surface area contributed by atoms with Gasteiger partial charge in [-0.3, -0.25) is 4.98 Å². The van der Waals surface area contributed by atoms with Crippen LogP contribution >= 0.6 is 0 Å². The summed E-state index contributed by atoms with van der Waals surface area (Å²) in [7, 11) is 1.57. The number of hydrogen-bond donors (Lipinski definition) is 0. The molecule has 5 heteroatoms. The smallest absolute Gasteiger partial charge is 0.343 e. The van der Waals surface area contributed by atoms with Crippen LogP contribution in [0.4, 0.5) is 0 Å². The summed E-state index contributed by atoms with van der Waals surface area (Å²) in [5.74, 6) is 1.10. The predicted octanol–water partition coefficient (Wildman–Crippen LogP) is 4.88. The quantitative estimate of drug-likeness (QED) is 0.435. The highest BCUT2D eigenvalue weighted by atomic mass is 16.6. The van der Waals surface area contributed by atoms with Crippen molar-refractivity contribution in [2.24, 2.45) is 0 Å². The minimum atomic E-state index is -0.458. The number of rotatable bonds is 7. The van der Waals surface area contributed by atoms with E-state index in [9.17, 15) is 4.79 Å². The Balaban J connectivity index is 1.78. The third-order valence-corrected chi connectivity index (χ3v) is 3.93. The summed E-state index contributed by atoms with van der Waals surface area (Å²) in [6, 6.07) is 17.9. The number of carbonyl (C=O) groups is 1. The molecule has 0 fully saturated rings. The van der Waals surface area contributed by atoms with Crippen LogP contribution in [0.25, 0.3) is 12.2 Å². The summed E-state index contributed by atoms with van der Waals surface area (Å²) in [4.78, 5) is 16.7. The van der Waals surface area contributed by atoms with E-state index in [2.05, 4.69) is 4.98 Å². The molecule has 3 rings (SSSR count). The lowest BCUT2D eigenvalue weighted by Gasteiger charge is -2.11. The van der Waals surface area contributed by atoms with Crippen molar-refractivity contribution in [1.82, 2.24) is 4.98 Å². The van der Waals surface area contributed by atoms with Gasteiger partial charge in [-0.15, -0.1) is 0 Å². The summed E-state index contributed by atoms with van der Waals surface area (Å²) in [5, 5.41) is 0. The van der Waals surface area contributed by atoms with E-state index in [4.69, 9.17) is 14.2 Å². The van der Waals surface area contributed by atoms with Crippen molar-refractivity contribution >= 4 is 18.1 Å². The van der Waals surface area contributed by atoms with E-state index in [1.807, 2.05) is 49.4 Å². The van der Waals surface area contributed by atoms with Crippen molar-refractivity contribution in [3.05, 3.63) is 83.7 Å². The van der Waals surface area contributed by atoms with Gasteiger partial charge in [-0.2, -0.15) is 0 Å². The normalized spacial score (nSPS) is 10.6. The predicted molar refractivity (Wildman–Crippen MR) is 109 cm³/mol. The molecule has 1 heterocycles. The third kappa shape index (κ3) is 4.98. The molecule has 0 saturated carbocycles. The van der Waals surface area contributed by atoms with Crippen LogP contribution in [0.3, 0.4) is 0 Å². The van der Waals surface area contributed by atoms with E-state index < -0.39 is 5.97 Å². The highest BCUT2D eigenvalue weighted by Gasteiger charge is 2.13. The van der Waals surface area contributed by atoms with Gasteiger partial charge in [-0.05, 0) is 67.1 Å². The summed E-state index contributed by atoms with van der Waals surface area (Å²) >= 11 is 0. The molecule has 5 nitrogen and oxygen atoms in total. The van der Waals surface area contributed by atoms with E-state index >= 15 is 0 Å². The zero-order chi connectivity index (χ0) is 19.8. The van der Waals surface area contributed by atoms with Crippen LogP contribution in [-0.4, -0.2) is 24.7 Å². The van der Waals surface area contributed by atoms with Gasteiger partial charge in [0.2, 0.25) is 0 Å². The van der Waals surface area contributed by atoms with E-state index in [0.717, 1.165) is 11.3 Å². The Morgan fingerprint density at radius 1 is 1.00 bits per heavy atom. The number of aromatic nitrogens is 1. The van der Waals surface area contributed by atoms with Gasteiger partial charge in [0, 0.05) is 6.20 Å². The molecule has 0 aliphatic heterocycles. The van der Waals surface area contributed by atoms with Crippen molar-refractivity contribution in [1.29, 1.82) is 0 Å². The van der Waals surface area contributed by atoms with Crippen LogP contribution in [0.5, 0.6) is 17.2 Å². The zero-order valence-corrected chi connectivity index (χ0v) is 15.8. The molecule has 28 heavy (non-hydrogen) atoms. The molecule has 0 atom stereocenters. The van der Waals surface area contributed by atoms with Gasteiger partial charge in [0.05, 0.1) is 25.0 Å². The van der Waals surface area contributed by atoms with Gasteiger partial charge >= 0.3 is 5.97 Å². The number of esters is 1. The third-order valence-electron chi connectivity index (χ3n) is 3.93. The van der Waals surface area contributed by atoms with Crippen LogP contribution in [0.15, 0.2) is 66.9 Å². The lowest BCUT2D eigenvalue weighted by atomic mass is 10.1. The van der Waals surface area contributed by atoms with Gasteiger partial charge in [-0.25, -0.2) is 4.79 Å². The van der Waals surface area contributed by atoms with Crippen LogP contribution in [0, 0.1) is 0 Å². The Labute approximate surface area is 164 Å². The Hall–Kier alpha value is -3.60. The lowest BCUT2D eigenvalue weighted by Crippen LogP contribution is -2.09. The van der Waals surface area contributed by atoms with Crippen molar-refractivity contribution < 1.29 is 19.0 Å². The summed E-state index contributed by atoms with van der Waals surface area (Å²) in [6.07, 6.45) is 5.58. The van der Waals surface area contributed by atoms with Crippen molar-refractivity contribution in [3.63, 3.8) is 0 Å². The van der Waals surface area contributed by atoms with Crippen molar-refractivity contribution in [2.45, 2.75) is 6.92 Å². The van der Waals surface area contributed by atoms with Crippen LogP contribution in [-0.2, 0) is 0 Å². The molecule has 0 N–H and O–H groups in total. The van der Waals surface area contributed by atoms with Crippen LogP contribution < -0.4 is 14.2 Å². The molecule has 0 aliphatic rings. The monoisotopic (exact) mass is 375 g/mol. The highest BCUT2D eigenvalue weighted by Crippen LogP contribution is 2.30. The Morgan fingerprint density at radius 2 is 1.82 bits per heavy atom. The second-order valence-electron chi connectivity index (χ2n) is 5.85. The fraction of sp³-hybridized carbons (Fsp3) is 0.130. The van der Waals surface area contributed by atoms with Gasteiger partial charge in [0.15, 0.2) is 11.5 Å². The second-order valence-corrected chi connectivity index (χ2v) is 5.85. The Bertz CT molecular complexity index is 950. The minimum absolute atomic E-state index is 0.373. The van der Waals surface area contributed by atoms with E-state index in [-0.39, 0.29) is 0 Å². The molecule has 142 valence electrons. The molecule has 0 unspecified atom stereocenters. The van der Waals surface area contributed by atoms with Gasteiger partial charge in [0.25, 0.3) is 0 Å². The minimum Gasteiger partial charge on any atom is -0.497 e. The van der Waals surface area contributed by atoms with Gasteiger partial charge < -0.3 is 14.2 Å². The molecule has 0 aliphatic carbocycles. The van der Waals surface area contributed by atoms with E-state index in [1.165, 1.54) is 0 Å². The SMILES string of the molecule is CCOc1cc(/C=C/c2ccccn2)ccc1OC(=O)c1ccc(OC)cc1. The molecule has 0 bridgehead atoms. The molecule has 1 aromatic heterocycles. The first-order chi connectivity index (χ1) is 13.7. The second kappa shape index (κ2) is 9.37. The molecule has 0 saturated heterocycles. The summed E-state index contributed by atoms with van der Waals surface area (Å²) in [6.45, 7) is 2.34. The molecule has 3 aromatic rings. The van der Waals surface area contributed by atoms with Crippen LogP contribution in [0.1, 0.15) is 28.5 Å². The average Bonchev–Trinajstić information content (AvgIpc) is 2.74. The van der Waals surface area contributed by atoms with Crippen LogP contribution in [0.2, 0.25) is 0 Å². The first-order valence-electron chi connectivity index (χ1n) is 8.92. The van der Waals surface area contributed by atoms with E-state index in [0.29, 0.717) is 29.4 Å². The first kappa shape index (κ1) is 19.2. The molecular weight excluding hydrogens is 354 g/mol. The number of ether oxygens (including phenoxy) is 3. The zero-order valence-electron chi connectivity index (χ0n) is 15.8. The number of pyridine rings is 1. The van der Waals surface area contributed by atoms with Gasteiger partial charge in [0.1, 0.15) is 5.75 Å². The maximum absolute atomic E-state index is 12.4. The number of nitrogens with zero attached hydrogens (tertiary/aromatic N) is 1. The maximum Gasteiger partial charge on any atom is 0.343 e. The number of hydrogen-bond acceptors (Lipinski definition) is 5. The largest absolute Gasteiger partial charge is 0.497 e. The standard InChI is InChI=1S/C23H21NO4/c1-3-27-22-16-17(7-11-19-6-4-5-15-24-19)8-14-21(22)28-23(25)18-9-12-20(26-2)13-10-18/h4-16H,3H2,1-2H3/b11-7+. The number of methoxy groups -OCH3 is 1. The van der Waals surface area contributed by atoms with Crippen molar-refractivity contribution in [2.75, 3.05) is 13.7 Å². The van der Waals surface area contributed by atoms with E-state index in [1.54, 1.807) is 43.6 Å². The molecule has 0 amide bonds. The molecule has 0 spiro atoms. The van der Waals surface area contributed by atoms with Gasteiger partial charge in [-0.1, -0.05) is 18.2 Å². The fourth-order valence-electron chi connectivity index (χ4n) is 2.52. The topological polar surface area (TPSA) is 57.7 Å². The average molecular weight is 375 g/mol.